The third kappa shape index (κ3) is 3.64. The zero-order valence-electron chi connectivity index (χ0n) is 10.5. The molecule has 1 rings (SSSR count). The fourth-order valence-electron chi connectivity index (χ4n) is 1.57. The van der Waals surface area contributed by atoms with Gasteiger partial charge in [0.2, 0.25) is 5.15 Å². The maximum Gasteiger partial charge on any atom is 0.326 e. The van der Waals surface area contributed by atoms with Gasteiger partial charge in [-0.3, -0.25) is 14.9 Å². The lowest BCUT2D eigenvalue weighted by molar-refractivity contribution is -0.385. The highest BCUT2D eigenvalue weighted by atomic mass is 35.5. The topological polar surface area (TPSA) is 122 Å². The summed E-state index contributed by atoms with van der Waals surface area (Å²) in [5.41, 5.74) is -0.968. The van der Waals surface area contributed by atoms with Crippen molar-refractivity contribution in [2.45, 2.75) is 25.8 Å². The Bertz CT molecular complexity index is 549. The molecule has 8 nitrogen and oxygen atoms in total. The zero-order chi connectivity index (χ0) is 15.3. The van der Waals surface area contributed by atoms with E-state index in [-0.39, 0.29) is 12.0 Å². The highest BCUT2D eigenvalue weighted by molar-refractivity contribution is 6.32. The smallest absolute Gasteiger partial charge is 0.326 e. The lowest BCUT2D eigenvalue weighted by atomic mass is 10.1. The second-order valence-corrected chi connectivity index (χ2v) is 4.27. The van der Waals surface area contributed by atoms with E-state index in [2.05, 4.69) is 10.3 Å². The number of aromatic nitrogens is 1. The molecule has 0 saturated heterocycles. The van der Waals surface area contributed by atoms with Crippen molar-refractivity contribution in [3.63, 3.8) is 0 Å². The van der Waals surface area contributed by atoms with Crippen LogP contribution >= 0.6 is 11.6 Å². The first-order chi connectivity index (χ1) is 9.38. The van der Waals surface area contributed by atoms with E-state index in [1.807, 2.05) is 0 Å². The van der Waals surface area contributed by atoms with Gasteiger partial charge in [0, 0.05) is 6.20 Å². The highest BCUT2D eigenvalue weighted by Gasteiger charge is 2.27. The van der Waals surface area contributed by atoms with Gasteiger partial charge in [-0.15, -0.1) is 0 Å². The minimum absolute atomic E-state index is 0.216. The van der Waals surface area contributed by atoms with Crippen molar-refractivity contribution in [1.29, 1.82) is 0 Å². The molecule has 9 heteroatoms. The van der Waals surface area contributed by atoms with Crippen molar-refractivity contribution < 1.29 is 19.6 Å². The molecule has 108 valence electrons. The van der Waals surface area contributed by atoms with Gasteiger partial charge in [0.05, 0.1) is 4.92 Å². The van der Waals surface area contributed by atoms with Gasteiger partial charge in [-0.1, -0.05) is 24.9 Å². The first-order valence-corrected chi connectivity index (χ1v) is 6.08. The molecule has 0 spiro atoms. The van der Waals surface area contributed by atoms with E-state index < -0.39 is 33.7 Å². The number of hydrogen-bond acceptors (Lipinski definition) is 5. The molecule has 1 atom stereocenters. The average molecular weight is 302 g/mol. The standard InChI is InChI=1S/C11H12ClN3O5/c1-2-3-7(11(17)18)14-10(16)6-4-5-13-9(12)8(6)15(19)20/h4-5,7H,2-3H2,1H3,(H,14,16)(H,17,18)/t7-/m1/s1. The minimum Gasteiger partial charge on any atom is -0.480 e. The van der Waals surface area contributed by atoms with Gasteiger partial charge in [0.25, 0.3) is 5.91 Å². The molecule has 0 bridgehead atoms. The van der Waals surface area contributed by atoms with Crippen molar-refractivity contribution >= 4 is 29.2 Å². The second kappa shape index (κ2) is 6.80. The number of amides is 1. The quantitative estimate of drug-likeness (QED) is 0.467. The van der Waals surface area contributed by atoms with Crippen molar-refractivity contribution in [1.82, 2.24) is 10.3 Å². The van der Waals surface area contributed by atoms with E-state index in [4.69, 9.17) is 16.7 Å². The first-order valence-electron chi connectivity index (χ1n) is 5.71. The summed E-state index contributed by atoms with van der Waals surface area (Å²) in [6.45, 7) is 1.76. The number of carboxylic acids is 1. The lowest BCUT2D eigenvalue weighted by Gasteiger charge is -2.13. The van der Waals surface area contributed by atoms with Crippen molar-refractivity contribution in [3.05, 3.63) is 33.1 Å². The number of halogens is 1. The maximum absolute atomic E-state index is 11.9. The van der Waals surface area contributed by atoms with Crippen molar-refractivity contribution in [2.75, 3.05) is 0 Å². The molecule has 0 fully saturated rings. The SMILES string of the molecule is CCC[C@@H](NC(=O)c1ccnc(Cl)c1[N+](=O)[O-])C(=O)O. The maximum atomic E-state index is 11.9. The van der Waals surface area contributed by atoms with Gasteiger partial charge in [0.15, 0.2) is 0 Å². The van der Waals surface area contributed by atoms with Crippen LogP contribution in [0.5, 0.6) is 0 Å². The number of carboxylic acid groups (broad SMARTS) is 1. The van der Waals surface area contributed by atoms with E-state index in [1.165, 1.54) is 0 Å². The van der Waals surface area contributed by atoms with Crippen LogP contribution in [-0.2, 0) is 4.79 Å². The number of aliphatic carboxylic acids is 1. The molecular formula is C11H12ClN3O5. The van der Waals surface area contributed by atoms with Crippen LogP contribution < -0.4 is 5.32 Å². The number of hydrogen-bond donors (Lipinski definition) is 2. The molecule has 0 aromatic carbocycles. The van der Waals surface area contributed by atoms with Crippen LogP contribution in [0, 0.1) is 10.1 Å². The van der Waals surface area contributed by atoms with Crippen LogP contribution in [0.2, 0.25) is 5.15 Å². The Morgan fingerprint density at radius 3 is 2.75 bits per heavy atom. The predicted octanol–water partition coefficient (Wildman–Crippen LogP) is 1.63. The normalized spacial score (nSPS) is 11.7. The summed E-state index contributed by atoms with van der Waals surface area (Å²) in [5, 5.41) is 21.6. The van der Waals surface area contributed by atoms with E-state index in [0.717, 1.165) is 12.3 Å². The van der Waals surface area contributed by atoms with Gasteiger partial charge in [-0.25, -0.2) is 9.78 Å². The fourth-order valence-corrected chi connectivity index (χ4v) is 1.79. The van der Waals surface area contributed by atoms with Crippen LogP contribution in [0.3, 0.4) is 0 Å². The molecular weight excluding hydrogens is 290 g/mol. The molecule has 1 aromatic heterocycles. The molecule has 0 aliphatic heterocycles. The van der Waals surface area contributed by atoms with Crippen LogP contribution in [-0.4, -0.2) is 32.9 Å². The third-order valence-corrected chi connectivity index (χ3v) is 2.76. The predicted molar refractivity (Wildman–Crippen MR) is 69.7 cm³/mol. The number of rotatable bonds is 6. The Hall–Kier alpha value is -2.22. The molecule has 20 heavy (non-hydrogen) atoms. The Morgan fingerprint density at radius 2 is 2.25 bits per heavy atom. The highest BCUT2D eigenvalue weighted by Crippen LogP contribution is 2.25. The van der Waals surface area contributed by atoms with Gasteiger partial charge in [0.1, 0.15) is 11.6 Å². The van der Waals surface area contributed by atoms with Crippen LogP contribution in [0.4, 0.5) is 5.69 Å². The monoisotopic (exact) mass is 301 g/mol. The molecule has 0 aliphatic rings. The summed E-state index contributed by atoms with van der Waals surface area (Å²) < 4.78 is 0. The number of pyridine rings is 1. The Labute approximate surface area is 118 Å². The van der Waals surface area contributed by atoms with Crippen LogP contribution in [0.1, 0.15) is 30.1 Å². The summed E-state index contributed by atoms with van der Waals surface area (Å²) in [6, 6.07) is 0.00329. The number of carbonyl (C=O) groups is 2. The van der Waals surface area contributed by atoms with E-state index in [9.17, 15) is 19.7 Å². The number of nitro groups is 1. The third-order valence-electron chi connectivity index (χ3n) is 2.49. The molecule has 2 N–H and O–H groups in total. The summed E-state index contributed by atoms with van der Waals surface area (Å²) in [4.78, 5) is 36.5. The minimum atomic E-state index is -1.21. The average Bonchev–Trinajstić information content (AvgIpc) is 2.37. The Kier molecular flexibility index (Phi) is 5.39. The summed E-state index contributed by atoms with van der Waals surface area (Å²) in [7, 11) is 0. The molecule has 1 aromatic rings. The van der Waals surface area contributed by atoms with Gasteiger partial charge >= 0.3 is 11.7 Å². The molecule has 0 radical (unpaired) electrons. The molecule has 0 unspecified atom stereocenters. The number of nitrogens with one attached hydrogen (secondary N) is 1. The van der Waals surface area contributed by atoms with Gasteiger partial charge in [-0.2, -0.15) is 0 Å². The van der Waals surface area contributed by atoms with Crippen LogP contribution in [0.15, 0.2) is 12.3 Å². The summed E-state index contributed by atoms with van der Waals surface area (Å²) in [6.07, 6.45) is 1.89. The van der Waals surface area contributed by atoms with Crippen molar-refractivity contribution in [3.8, 4) is 0 Å². The van der Waals surface area contributed by atoms with Gasteiger partial charge < -0.3 is 10.4 Å². The molecule has 1 heterocycles. The number of carbonyl (C=O) groups excluding carboxylic acids is 1. The summed E-state index contributed by atoms with van der Waals surface area (Å²) >= 11 is 5.58. The van der Waals surface area contributed by atoms with Gasteiger partial charge in [-0.05, 0) is 12.5 Å². The largest absolute Gasteiger partial charge is 0.480 e. The fraction of sp³-hybridized carbons (Fsp3) is 0.364. The molecule has 0 saturated carbocycles. The lowest BCUT2D eigenvalue weighted by Crippen LogP contribution is -2.40. The zero-order valence-corrected chi connectivity index (χ0v) is 11.3. The first kappa shape index (κ1) is 15.8. The van der Waals surface area contributed by atoms with E-state index in [1.54, 1.807) is 6.92 Å². The van der Waals surface area contributed by atoms with E-state index in [0.29, 0.717) is 6.42 Å². The Morgan fingerprint density at radius 1 is 1.60 bits per heavy atom. The van der Waals surface area contributed by atoms with E-state index >= 15 is 0 Å². The van der Waals surface area contributed by atoms with Crippen LogP contribution in [0.25, 0.3) is 0 Å². The number of nitrogens with zero attached hydrogens (tertiary/aromatic N) is 2. The summed E-state index contributed by atoms with van der Waals surface area (Å²) in [5.74, 6) is -2.08. The second-order valence-electron chi connectivity index (χ2n) is 3.91. The molecule has 0 aliphatic carbocycles. The van der Waals surface area contributed by atoms with Crippen molar-refractivity contribution in [2.24, 2.45) is 0 Å². The molecule has 1 amide bonds. The Balaban J connectivity index is 3.06.